The summed E-state index contributed by atoms with van der Waals surface area (Å²) in [5, 5.41) is 7.48. The van der Waals surface area contributed by atoms with Crippen molar-refractivity contribution in [1.29, 1.82) is 0 Å². The molecule has 102 valence electrons. The number of imidazole rings is 1. The van der Waals surface area contributed by atoms with Crippen molar-refractivity contribution in [2.45, 2.75) is 45.2 Å². The highest BCUT2D eigenvalue weighted by molar-refractivity contribution is 5.06. The van der Waals surface area contributed by atoms with Crippen LogP contribution in [0, 0.1) is 6.92 Å². The third kappa shape index (κ3) is 2.84. The van der Waals surface area contributed by atoms with Crippen molar-refractivity contribution in [3.63, 3.8) is 0 Å². The van der Waals surface area contributed by atoms with Crippen molar-refractivity contribution < 1.29 is 4.52 Å². The van der Waals surface area contributed by atoms with E-state index in [4.69, 9.17) is 4.52 Å². The van der Waals surface area contributed by atoms with Gasteiger partial charge in [0.25, 0.3) is 0 Å². The summed E-state index contributed by atoms with van der Waals surface area (Å²) in [7, 11) is 0. The van der Waals surface area contributed by atoms with Crippen LogP contribution in [0.5, 0.6) is 0 Å². The van der Waals surface area contributed by atoms with Gasteiger partial charge in [-0.25, -0.2) is 4.98 Å². The smallest absolute Gasteiger partial charge is 0.223 e. The zero-order chi connectivity index (χ0) is 13.1. The highest BCUT2D eigenvalue weighted by Gasteiger charge is 2.18. The molecular weight excluding hydrogens is 242 g/mol. The number of hydrogen-bond donors (Lipinski definition) is 1. The molecule has 3 heterocycles. The van der Waals surface area contributed by atoms with Crippen LogP contribution in [0.1, 0.15) is 42.7 Å². The first kappa shape index (κ1) is 12.3. The number of nitrogens with one attached hydrogen (secondary N) is 1. The number of aromatic nitrogens is 4. The quantitative estimate of drug-likeness (QED) is 0.906. The van der Waals surface area contributed by atoms with Crippen LogP contribution in [0.25, 0.3) is 0 Å². The lowest BCUT2D eigenvalue weighted by atomic mass is 10.0. The number of nitrogens with zero attached hydrogens (tertiary/aromatic N) is 4. The molecule has 1 N–H and O–H groups in total. The van der Waals surface area contributed by atoms with E-state index in [1.807, 2.05) is 19.4 Å². The van der Waals surface area contributed by atoms with Crippen molar-refractivity contribution in [3.05, 3.63) is 29.9 Å². The first-order valence-corrected chi connectivity index (χ1v) is 6.85. The minimum Gasteiger partial charge on any atom is -0.340 e. The average molecular weight is 261 g/mol. The maximum absolute atomic E-state index is 4.98. The van der Waals surface area contributed by atoms with Crippen molar-refractivity contribution in [3.8, 4) is 0 Å². The summed E-state index contributed by atoms with van der Waals surface area (Å²) in [6.45, 7) is 3.75. The third-order valence-electron chi connectivity index (χ3n) is 3.56. The summed E-state index contributed by atoms with van der Waals surface area (Å²) in [6, 6.07) is 0.434. The van der Waals surface area contributed by atoms with Crippen molar-refractivity contribution in [2.75, 3.05) is 6.54 Å². The predicted molar refractivity (Wildman–Crippen MR) is 69.6 cm³/mol. The molecule has 2 aromatic heterocycles. The Labute approximate surface area is 112 Å². The van der Waals surface area contributed by atoms with Gasteiger partial charge < -0.3 is 14.4 Å². The molecule has 6 nitrogen and oxygen atoms in total. The van der Waals surface area contributed by atoms with Gasteiger partial charge in [-0.1, -0.05) is 11.6 Å². The van der Waals surface area contributed by atoms with Gasteiger partial charge in [0.15, 0.2) is 5.82 Å². The molecule has 1 aliphatic rings. The molecule has 0 radical (unpaired) electrons. The molecule has 1 saturated heterocycles. The van der Waals surface area contributed by atoms with Gasteiger partial charge in [-0.2, -0.15) is 4.98 Å². The van der Waals surface area contributed by atoms with Crippen LogP contribution in [0.4, 0.5) is 0 Å². The fraction of sp³-hybridized carbons (Fsp3) is 0.615. The summed E-state index contributed by atoms with van der Waals surface area (Å²) in [5.74, 6) is 1.38. The molecule has 0 aromatic carbocycles. The SMILES string of the molecule is Cc1nc(CCn2cncc2C2CCCCN2)no1. The van der Waals surface area contributed by atoms with Crippen LogP contribution < -0.4 is 5.32 Å². The fourth-order valence-corrected chi connectivity index (χ4v) is 2.58. The molecule has 0 aliphatic carbocycles. The normalized spacial score (nSPS) is 19.7. The molecule has 6 heteroatoms. The molecule has 0 bridgehead atoms. The number of piperidine rings is 1. The van der Waals surface area contributed by atoms with Gasteiger partial charge in [0.1, 0.15) is 0 Å². The lowest BCUT2D eigenvalue weighted by Gasteiger charge is -2.24. The first-order valence-electron chi connectivity index (χ1n) is 6.85. The van der Waals surface area contributed by atoms with E-state index in [0.717, 1.165) is 25.3 Å². The monoisotopic (exact) mass is 261 g/mol. The van der Waals surface area contributed by atoms with Crippen molar-refractivity contribution >= 4 is 0 Å². The van der Waals surface area contributed by atoms with Crippen LogP contribution in [0.15, 0.2) is 17.0 Å². The van der Waals surface area contributed by atoms with Gasteiger partial charge in [-0.15, -0.1) is 0 Å². The Morgan fingerprint density at radius 2 is 2.42 bits per heavy atom. The summed E-state index contributed by atoms with van der Waals surface area (Å²) in [5.41, 5.74) is 1.26. The number of rotatable bonds is 4. The van der Waals surface area contributed by atoms with Crippen LogP contribution in [-0.4, -0.2) is 26.2 Å². The highest BCUT2D eigenvalue weighted by atomic mass is 16.5. The molecule has 0 saturated carbocycles. The van der Waals surface area contributed by atoms with Gasteiger partial charge in [0.2, 0.25) is 5.89 Å². The lowest BCUT2D eigenvalue weighted by molar-refractivity contribution is 0.382. The zero-order valence-electron chi connectivity index (χ0n) is 11.2. The minimum atomic E-state index is 0.434. The van der Waals surface area contributed by atoms with Gasteiger partial charge in [-0.05, 0) is 19.4 Å². The van der Waals surface area contributed by atoms with Crippen LogP contribution >= 0.6 is 0 Å². The van der Waals surface area contributed by atoms with Crippen molar-refractivity contribution in [2.24, 2.45) is 0 Å². The Morgan fingerprint density at radius 3 is 3.16 bits per heavy atom. The topological polar surface area (TPSA) is 68.8 Å². The average Bonchev–Trinajstić information content (AvgIpc) is 3.06. The second-order valence-electron chi connectivity index (χ2n) is 4.99. The van der Waals surface area contributed by atoms with Gasteiger partial charge in [-0.3, -0.25) is 0 Å². The van der Waals surface area contributed by atoms with Gasteiger partial charge >= 0.3 is 0 Å². The van der Waals surface area contributed by atoms with E-state index in [1.165, 1.54) is 25.0 Å². The predicted octanol–water partition coefficient (Wildman–Crippen LogP) is 1.63. The molecule has 0 spiro atoms. The minimum absolute atomic E-state index is 0.434. The molecule has 2 aromatic rings. The van der Waals surface area contributed by atoms with Crippen LogP contribution in [-0.2, 0) is 13.0 Å². The van der Waals surface area contributed by atoms with E-state index in [2.05, 4.69) is 25.0 Å². The van der Waals surface area contributed by atoms with Gasteiger partial charge in [0.05, 0.1) is 12.0 Å². The van der Waals surface area contributed by atoms with Gasteiger partial charge in [0, 0.05) is 32.1 Å². The van der Waals surface area contributed by atoms with Crippen molar-refractivity contribution in [1.82, 2.24) is 25.0 Å². The Bertz CT molecular complexity index is 527. The standard InChI is InChI=1S/C13H19N5O/c1-10-16-13(17-19-10)5-7-18-9-14-8-12(18)11-4-2-3-6-15-11/h8-9,11,15H,2-7H2,1H3. The summed E-state index contributed by atoms with van der Waals surface area (Å²) in [4.78, 5) is 8.50. The maximum Gasteiger partial charge on any atom is 0.223 e. The summed E-state index contributed by atoms with van der Waals surface area (Å²) in [6.07, 6.45) is 8.36. The molecule has 1 unspecified atom stereocenters. The fourth-order valence-electron chi connectivity index (χ4n) is 2.58. The van der Waals surface area contributed by atoms with E-state index in [1.54, 1.807) is 0 Å². The molecule has 19 heavy (non-hydrogen) atoms. The van der Waals surface area contributed by atoms with E-state index in [0.29, 0.717) is 11.9 Å². The number of aryl methyl sites for hydroxylation is 3. The maximum atomic E-state index is 4.98. The number of hydrogen-bond acceptors (Lipinski definition) is 5. The molecule has 1 aliphatic heterocycles. The summed E-state index contributed by atoms with van der Waals surface area (Å²) < 4.78 is 7.17. The Hall–Kier alpha value is -1.69. The van der Waals surface area contributed by atoms with E-state index >= 15 is 0 Å². The Balaban J connectivity index is 1.66. The largest absolute Gasteiger partial charge is 0.340 e. The zero-order valence-corrected chi connectivity index (χ0v) is 11.2. The van der Waals surface area contributed by atoms with E-state index < -0.39 is 0 Å². The highest BCUT2D eigenvalue weighted by Crippen LogP contribution is 2.22. The van der Waals surface area contributed by atoms with Crippen LogP contribution in [0.3, 0.4) is 0 Å². The second-order valence-corrected chi connectivity index (χ2v) is 4.99. The summed E-state index contributed by atoms with van der Waals surface area (Å²) >= 11 is 0. The molecular formula is C13H19N5O. The lowest BCUT2D eigenvalue weighted by Crippen LogP contribution is -2.28. The third-order valence-corrected chi connectivity index (χ3v) is 3.56. The molecule has 3 rings (SSSR count). The molecule has 1 fully saturated rings. The first-order chi connectivity index (χ1) is 9.33. The Morgan fingerprint density at radius 1 is 1.47 bits per heavy atom. The molecule has 1 atom stereocenters. The van der Waals surface area contributed by atoms with Crippen LogP contribution in [0.2, 0.25) is 0 Å². The Kier molecular flexibility index (Phi) is 3.59. The van der Waals surface area contributed by atoms with E-state index in [-0.39, 0.29) is 0 Å². The molecule has 0 amide bonds. The second kappa shape index (κ2) is 5.52. The van der Waals surface area contributed by atoms with E-state index in [9.17, 15) is 0 Å².